The number of carbonyl (C=O) groups is 3. The van der Waals surface area contributed by atoms with Gasteiger partial charge in [-0.05, 0) is 44.0 Å². The summed E-state index contributed by atoms with van der Waals surface area (Å²) < 4.78 is 5.03. The molecule has 0 fully saturated rings. The molecule has 1 unspecified atom stereocenters. The summed E-state index contributed by atoms with van der Waals surface area (Å²) in [6.45, 7) is 3.16. The van der Waals surface area contributed by atoms with Gasteiger partial charge in [-0.1, -0.05) is 6.92 Å². The van der Waals surface area contributed by atoms with Gasteiger partial charge in [0.25, 0.3) is 0 Å². The smallest absolute Gasteiger partial charge is 0.329 e. The van der Waals surface area contributed by atoms with E-state index >= 15 is 0 Å². The Bertz CT molecular complexity index is 567. The molecule has 126 valence electrons. The molecular weight excluding hydrogens is 298 g/mol. The van der Waals surface area contributed by atoms with E-state index in [1.807, 2.05) is 0 Å². The van der Waals surface area contributed by atoms with Crippen molar-refractivity contribution in [1.29, 1.82) is 0 Å². The van der Waals surface area contributed by atoms with E-state index in [0.717, 1.165) is 0 Å². The summed E-state index contributed by atoms with van der Waals surface area (Å²) in [6.07, 6.45) is 1.01. The van der Waals surface area contributed by atoms with Gasteiger partial charge in [0.2, 0.25) is 5.91 Å². The van der Waals surface area contributed by atoms with Crippen LogP contribution in [0.5, 0.6) is 5.75 Å². The van der Waals surface area contributed by atoms with Crippen molar-refractivity contribution < 1.29 is 24.2 Å². The first-order chi connectivity index (χ1) is 10.8. The molecule has 0 aliphatic heterocycles. The number of aliphatic carboxylic acids is 1. The van der Waals surface area contributed by atoms with Crippen molar-refractivity contribution in [3.63, 3.8) is 0 Å². The third-order valence-electron chi connectivity index (χ3n) is 3.81. The van der Waals surface area contributed by atoms with Crippen molar-refractivity contribution in [2.75, 3.05) is 7.11 Å². The second kappa shape index (κ2) is 8.31. The molecule has 0 spiro atoms. The lowest BCUT2D eigenvalue weighted by Gasteiger charge is -2.24. The number of amides is 1. The summed E-state index contributed by atoms with van der Waals surface area (Å²) >= 11 is 0. The Labute approximate surface area is 135 Å². The van der Waals surface area contributed by atoms with E-state index in [2.05, 4.69) is 5.32 Å². The van der Waals surface area contributed by atoms with Crippen LogP contribution in [0.1, 0.15) is 49.9 Å². The maximum absolute atomic E-state index is 12.0. The number of Topliss-reactive ketones (excluding diaryl/α,β-unsaturated/α-hetero) is 1. The van der Waals surface area contributed by atoms with E-state index in [4.69, 9.17) is 9.84 Å². The maximum atomic E-state index is 12.0. The zero-order valence-electron chi connectivity index (χ0n) is 13.7. The van der Waals surface area contributed by atoms with E-state index in [1.165, 1.54) is 6.92 Å². The number of methoxy groups -OCH3 is 1. The number of ketones is 1. The Morgan fingerprint density at radius 3 is 2.26 bits per heavy atom. The standard InChI is InChI=1S/C17H23NO5/c1-4-17(2,16(21)22)18-15(20)7-5-6-14(19)12-8-10-13(23-3)11-9-12/h8-11H,4-7H2,1-3H3,(H,18,20)(H,21,22). The highest BCUT2D eigenvalue weighted by Gasteiger charge is 2.32. The number of hydrogen-bond acceptors (Lipinski definition) is 4. The Morgan fingerprint density at radius 2 is 1.78 bits per heavy atom. The molecule has 0 aromatic heterocycles. The van der Waals surface area contributed by atoms with Crippen molar-refractivity contribution in [2.45, 2.75) is 45.1 Å². The van der Waals surface area contributed by atoms with Crippen molar-refractivity contribution in [3.05, 3.63) is 29.8 Å². The van der Waals surface area contributed by atoms with Crippen LogP contribution < -0.4 is 10.1 Å². The minimum absolute atomic E-state index is 0.0584. The molecule has 0 heterocycles. The largest absolute Gasteiger partial charge is 0.497 e. The van der Waals surface area contributed by atoms with Crippen LogP contribution in [0.15, 0.2) is 24.3 Å². The molecular formula is C17H23NO5. The summed E-state index contributed by atoms with van der Waals surface area (Å²) in [5, 5.41) is 11.6. The van der Waals surface area contributed by atoms with Crippen LogP contribution >= 0.6 is 0 Å². The number of benzene rings is 1. The third-order valence-corrected chi connectivity index (χ3v) is 3.81. The van der Waals surface area contributed by atoms with Gasteiger partial charge in [-0.15, -0.1) is 0 Å². The second-order valence-electron chi connectivity index (χ2n) is 5.54. The van der Waals surface area contributed by atoms with Crippen molar-refractivity contribution in [2.24, 2.45) is 0 Å². The van der Waals surface area contributed by atoms with E-state index in [1.54, 1.807) is 38.3 Å². The number of carboxylic acid groups (broad SMARTS) is 1. The summed E-state index contributed by atoms with van der Waals surface area (Å²) in [6, 6.07) is 6.78. The molecule has 2 N–H and O–H groups in total. The highest BCUT2D eigenvalue weighted by atomic mass is 16.5. The zero-order valence-corrected chi connectivity index (χ0v) is 13.7. The number of carboxylic acids is 1. The first-order valence-corrected chi connectivity index (χ1v) is 7.54. The Balaban J connectivity index is 2.45. The Hall–Kier alpha value is -2.37. The number of ether oxygens (including phenoxy) is 1. The van der Waals surface area contributed by atoms with Gasteiger partial charge in [-0.25, -0.2) is 4.79 Å². The monoisotopic (exact) mass is 321 g/mol. The lowest BCUT2D eigenvalue weighted by molar-refractivity contribution is -0.147. The summed E-state index contributed by atoms with van der Waals surface area (Å²) in [7, 11) is 1.55. The van der Waals surface area contributed by atoms with Crippen LogP contribution in [0.2, 0.25) is 0 Å². The minimum Gasteiger partial charge on any atom is -0.497 e. The van der Waals surface area contributed by atoms with E-state index in [-0.39, 0.29) is 24.5 Å². The molecule has 23 heavy (non-hydrogen) atoms. The summed E-state index contributed by atoms with van der Waals surface area (Å²) in [5.74, 6) is -0.813. The normalized spacial score (nSPS) is 13.0. The molecule has 6 nitrogen and oxygen atoms in total. The van der Waals surface area contributed by atoms with Crippen LogP contribution in [0.25, 0.3) is 0 Å². The van der Waals surface area contributed by atoms with Crippen LogP contribution in [0.4, 0.5) is 0 Å². The molecule has 0 saturated heterocycles. The fraction of sp³-hybridized carbons (Fsp3) is 0.471. The fourth-order valence-electron chi connectivity index (χ4n) is 1.99. The van der Waals surface area contributed by atoms with E-state index < -0.39 is 11.5 Å². The van der Waals surface area contributed by atoms with Crippen molar-refractivity contribution in [3.8, 4) is 5.75 Å². The molecule has 6 heteroatoms. The zero-order chi connectivity index (χ0) is 17.5. The van der Waals surface area contributed by atoms with Gasteiger partial charge in [-0.2, -0.15) is 0 Å². The molecule has 0 aliphatic carbocycles. The molecule has 1 amide bonds. The Morgan fingerprint density at radius 1 is 1.17 bits per heavy atom. The lowest BCUT2D eigenvalue weighted by Crippen LogP contribution is -2.51. The Kier molecular flexibility index (Phi) is 6.75. The van der Waals surface area contributed by atoms with Gasteiger partial charge in [-0.3, -0.25) is 9.59 Å². The molecule has 0 aliphatic rings. The minimum atomic E-state index is -1.27. The topological polar surface area (TPSA) is 92.7 Å². The van der Waals surface area contributed by atoms with Gasteiger partial charge in [0.15, 0.2) is 5.78 Å². The molecule has 1 aromatic rings. The van der Waals surface area contributed by atoms with E-state index in [0.29, 0.717) is 24.2 Å². The second-order valence-corrected chi connectivity index (χ2v) is 5.54. The molecule has 0 bridgehead atoms. The number of hydrogen-bond donors (Lipinski definition) is 2. The lowest BCUT2D eigenvalue weighted by atomic mass is 9.98. The molecule has 0 radical (unpaired) electrons. The van der Waals surface area contributed by atoms with Crippen LogP contribution in [-0.4, -0.2) is 35.4 Å². The first-order valence-electron chi connectivity index (χ1n) is 7.54. The number of carbonyl (C=O) groups excluding carboxylic acids is 2. The van der Waals surface area contributed by atoms with Gasteiger partial charge >= 0.3 is 5.97 Å². The number of rotatable bonds is 9. The van der Waals surface area contributed by atoms with Gasteiger partial charge in [0.1, 0.15) is 11.3 Å². The quantitative estimate of drug-likeness (QED) is 0.681. The summed E-state index contributed by atoms with van der Waals surface area (Å²) in [4.78, 5) is 35.0. The average molecular weight is 321 g/mol. The molecule has 0 saturated carbocycles. The average Bonchev–Trinajstić information content (AvgIpc) is 2.54. The SMILES string of the molecule is CCC(C)(NC(=O)CCCC(=O)c1ccc(OC)cc1)C(=O)O. The maximum Gasteiger partial charge on any atom is 0.329 e. The van der Waals surface area contributed by atoms with Gasteiger partial charge < -0.3 is 15.2 Å². The molecule has 1 aromatic carbocycles. The fourth-order valence-corrected chi connectivity index (χ4v) is 1.99. The van der Waals surface area contributed by atoms with E-state index in [9.17, 15) is 14.4 Å². The van der Waals surface area contributed by atoms with Crippen LogP contribution in [0, 0.1) is 0 Å². The van der Waals surface area contributed by atoms with Crippen molar-refractivity contribution in [1.82, 2.24) is 5.32 Å². The summed E-state index contributed by atoms with van der Waals surface area (Å²) in [5.41, 5.74) is -0.702. The first kappa shape index (κ1) is 18.7. The predicted molar refractivity (Wildman–Crippen MR) is 85.7 cm³/mol. The highest BCUT2D eigenvalue weighted by Crippen LogP contribution is 2.14. The van der Waals surface area contributed by atoms with Gasteiger partial charge in [0, 0.05) is 18.4 Å². The van der Waals surface area contributed by atoms with Crippen molar-refractivity contribution >= 4 is 17.7 Å². The highest BCUT2D eigenvalue weighted by molar-refractivity contribution is 5.96. The van der Waals surface area contributed by atoms with Gasteiger partial charge in [0.05, 0.1) is 7.11 Å². The third kappa shape index (κ3) is 5.39. The predicted octanol–water partition coefficient (Wildman–Crippen LogP) is 2.42. The molecule has 1 rings (SSSR count). The molecule has 1 atom stereocenters. The number of nitrogens with one attached hydrogen (secondary N) is 1. The van der Waals surface area contributed by atoms with Crippen LogP contribution in [0.3, 0.4) is 0 Å². The van der Waals surface area contributed by atoms with Crippen LogP contribution in [-0.2, 0) is 9.59 Å².